The van der Waals surface area contributed by atoms with Gasteiger partial charge in [-0.25, -0.2) is 4.39 Å². The van der Waals surface area contributed by atoms with Gasteiger partial charge in [0.2, 0.25) is 0 Å². The summed E-state index contributed by atoms with van der Waals surface area (Å²) in [5.74, 6) is 1.32. The zero-order valence-corrected chi connectivity index (χ0v) is 18.4. The zero-order valence-electron chi connectivity index (χ0n) is 18.4. The first kappa shape index (κ1) is 21.7. The lowest BCUT2D eigenvalue weighted by Crippen LogP contribution is -2.40. The van der Waals surface area contributed by atoms with Crippen LogP contribution in [0.1, 0.15) is 40.0 Å². The Bertz CT molecular complexity index is 1110. The molecule has 0 aliphatic carbocycles. The maximum Gasteiger partial charge on any atom is 0.258 e. The van der Waals surface area contributed by atoms with Crippen LogP contribution >= 0.6 is 0 Å². The zero-order chi connectivity index (χ0) is 22.7. The molecule has 5 nitrogen and oxygen atoms in total. The van der Waals surface area contributed by atoms with Gasteiger partial charge < -0.3 is 19.1 Å². The molecule has 3 aromatic carbocycles. The lowest BCUT2D eigenvalue weighted by Gasteiger charge is -2.38. The van der Waals surface area contributed by atoms with Crippen LogP contribution in [0.2, 0.25) is 0 Å². The lowest BCUT2D eigenvalue weighted by molar-refractivity contribution is 0.0690. The van der Waals surface area contributed by atoms with Gasteiger partial charge in [0, 0.05) is 6.54 Å². The molecule has 0 spiro atoms. The highest BCUT2D eigenvalue weighted by molar-refractivity contribution is 5.97. The normalized spacial score (nSPS) is 15.1. The second kappa shape index (κ2) is 9.30. The van der Waals surface area contributed by atoms with Crippen LogP contribution in [0.4, 0.5) is 4.39 Å². The molecule has 1 amide bonds. The van der Waals surface area contributed by atoms with Gasteiger partial charge in [-0.1, -0.05) is 24.3 Å². The number of nitrogens with zero attached hydrogens (tertiary/aromatic N) is 1. The summed E-state index contributed by atoms with van der Waals surface area (Å²) in [6.07, 6.45) is 0.663. The molecule has 0 N–H and O–H groups in total. The number of rotatable bonds is 6. The molecule has 0 saturated carbocycles. The van der Waals surface area contributed by atoms with Gasteiger partial charge in [0.05, 0.1) is 32.4 Å². The van der Waals surface area contributed by atoms with Crippen LogP contribution in [0, 0.1) is 5.82 Å². The number of amides is 1. The third-order valence-electron chi connectivity index (χ3n) is 5.74. The summed E-state index contributed by atoms with van der Waals surface area (Å²) < 4.78 is 30.4. The summed E-state index contributed by atoms with van der Waals surface area (Å²) in [5.41, 5.74) is 3.33. The Balaban J connectivity index is 1.84. The predicted octanol–water partition coefficient (Wildman–Crippen LogP) is 5.03. The van der Waals surface area contributed by atoms with Crippen LogP contribution in [0.15, 0.2) is 60.7 Å². The van der Waals surface area contributed by atoms with E-state index in [1.54, 1.807) is 38.5 Å². The van der Waals surface area contributed by atoms with Gasteiger partial charge in [0.1, 0.15) is 11.6 Å². The standard InChI is InChI=1S/C26H26FNO4/c1-4-32-22-8-6-5-7-20(22)26(29)28-14-13-18-15-23(30-2)24(31-3)16-21(18)25(28)17-9-11-19(27)12-10-17/h5-12,15-16,25H,4,13-14H2,1-3H3/t25-/m1/s1. The molecule has 0 unspecified atom stereocenters. The van der Waals surface area contributed by atoms with Crippen LogP contribution < -0.4 is 14.2 Å². The van der Waals surface area contributed by atoms with E-state index in [4.69, 9.17) is 14.2 Å². The number of benzene rings is 3. The Morgan fingerprint density at radius 1 is 1.00 bits per heavy atom. The number of hydrogen-bond acceptors (Lipinski definition) is 4. The smallest absolute Gasteiger partial charge is 0.258 e. The quantitative estimate of drug-likeness (QED) is 0.545. The first-order valence-electron chi connectivity index (χ1n) is 10.6. The SMILES string of the molecule is CCOc1ccccc1C(=O)N1CCc2cc(OC)c(OC)cc2[C@H]1c1ccc(F)cc1. The number of halogens is 1. The number of ether oxygens (including phenoxy) is 3. The molecule has 3 aromatic rings. The fourth-order valence-corrected chi connectivity index (χ4v) is 4.25. The molecule has 1 heterocycles. The largest absolute Gasteiger partial charge is 0.493 e. The van der Waals surface area contributed by atoms with Crippen molar-refractivity contribution in [2.24, 2.45) is 0 Å². The molecule has 1 aliphatic heterocycles. The van der Waals surface area contributed by atoms with Crippen molar-refractivity contribution < 1.29 is 23.4 Å². The summed E-state index contributed by atoms with van der Waals surface area (Å²) in [6.45, 7) is 2.86. The fourth-order valence-electron chi connectivity index (χ4n) is 4.25. The number of carbonyl (C=O) groups is 1. The van der Waals surface area contributed by atoms with E-state index < -0.39 is 6.04 Å². The second-order valence-corrected chi connectivity index (χ2v) is 7.54. The molecular formula is C26H26FNO4. The second-order valence-electron chi connectivity index (χ2n) is 7.54. The highest BCUT2D eigenvalue weighted by atomic mass is 19.1. The van der Waals surface area contributed by atoms with E-state index in [1.807, 2.05) is 36.1 Å². The van der Waals surface area contributed by atoms with E-state index >= 15 is 0 Å². The molecule has 0 saturated heterocycles. The van der Waals surface area contributed by atoms with Gasteiger partial charge in [0.25, 0.3) is 5.91 Å². The van der Waals surface area contributed by atoms with E-state index in [2.05, 4.69) is 0 Å². The van der Waals surface area contributed by atoms with E-state index in [9.17, 15) is 9.18 Å². The Labute approximate surface area is 187 Å². The first-order chi connectivity index (χ1) is 15.6. The molecule has 32 heavy (non-hydrogen) atoms. The van der Waals surface area contributed by atoms with Crippen molar-refractivity contribution in [3.63, 3.8) is 0 Å². The molecule has 166 valence electrons. The van der Waals surface area contributed by atoms with Crippen molar-refractivity contribution >= 4 is 5.91 Å². The number of hydrogen-bond donors (Lipinski definition) is 0. The highest BCUT2D eigenvalue weighted by Crippen LogP contribution is 2.42. The Kier molecular flexibility index (Phi) is 6.30. The topological polar surface area (TPSA) is 48.0 Å². The maximum absolute atomic E-state index is 13.7. The number of para-hydroxylation sites is 1. The third kappa shape index (κ3) is 4.00. The summed E-state index contributed by atoms with van der Waals surface area (Å²) >= 11 is 0. The van der Waals surface area contributed by atoms with Gasteiger partial charge in [-0.2, -0.15) is 0 Å². The van der Waals surface area contributed by atoms with Crippen LogP contribution in [0.25, 0.3) is 0 Å². The third-order valence-corrected chi connectivity index (χ3v) is 5.74. The van der Waals surface area contributed by atoms with Crippen molar-refractivity contribution in [1.82, 2.24) is 4.90 Å². The van der Waals surface area contributed by atoms with E-state index in [0.717, 1.165) is 16.7 Å². The number of fused-ring (bicyclic) bond motifs is 1. The van der Waals surface area contributed by atoms with Crippen molar-refractivity contribution in [1.29, 1.82) is 0 Å². The average molecular weight is 435 g/mol. The molecule has 1 atom stereocenters. The highest BCUT2D eigenvalue weighted by Gasteiger charge is 2.34. The molecule has 0 bridgehead atoms. The molecule has 0 radical (unpaired) electrons. The Morgan fingerprint density at radius 2 is 1.69 bits per heavy atom. The van der Waals surface area contributed by atoms with Gasteiger partial charge >= 0.3 is 0 Å². The maximum atomic E-state index is 13.7. The Morgan fingerprint density at radius 3 is 2.38 bits per heavy atom. The predicted molar refractivity (Wildman–Crippen MR) is 120 cm³/mol. The molecule has 0 fully saturated rings. The monoisotopic (exact) mass is 435 g/mol. The Hall–Kier alpha value is -3.54. The molecule has 0 aromatic heterocycles. The minimum atomic E-state index is -0.402. The van der Waals surface area contributed by atoms with E-state index in [-0.39, 0.29) is 11.7 Å². The van der Waals surface area contributed by atoms with Crippen LogP contribution in [-0.2, 0) is 6.42 Å². The summed E-state index contributed by atoms with van der Waals surface area (Å²) in [7, 11) is 3.19. The molecule has 1 aliphatic rings. The van der Waals surface area contributed by atoms with Crippen molar-refractivity contribution in [3.8, 4) is 17.2 Å². The van der Waals surface area contributed by atoms with Gasteiger partial charge in [-0.05, 0) is 66.4 Å². The summed E-state index contributed by atoms with van der Waals surface area (Å²) in [5, 5.41) is 0. The van der Waals surface area contributed by atoms with Crippen molar-refractivity contribution in [2.45, 2.75) is 19.4 Å². The molecule has 4 rings (SSSR count). The average Bonchev–Trinajstić information content (AvgIpc) is 2.83. The summed E-state index contributed by atoms with van der Waals surface area (Å²) in [6, 6.07) is 17.0. The number of methoxy groups -OCH3 is 2. The minimum absolute atomic E-state index is 0.135. The first-order valence-corrected chi connectivity index (χ1v) is 10.6. The van der Waals surface area contributed by atoms with Crippen molar-refractivity contribution in [3.05, 3.63) is 88.7 Å². The van der Waals surface area contributed by atoms with Gasteiger partial charge in [0.15, 0.2) is 11.5 Å². The fraction of sp³-hybridized carbons (Fsp3) is 0.269. The lowest BCUT2D eigenvalue weighted by atomic mass is 9.87. The van der Waals surface area contributed by atoms with Crippen LogP contribution in [0.3, 0.4) is 0 Å². The van der Waals surface area contributed by atoms with E-state index in [1.165, 1.54) is 12.1 Å². The van der Waals surface area contributed by atoms with E-state index in [0.29, 0.717) is 42.4 Å². The van der Waals surface area contributed by atoms with Crippen LogP contribution in [-0.4, -0.2) is 38.2 Å². The molecule has 6 heteroatoms. The minimum Gasteiger partial charge on any atom is -0.493 e. The number of carbonyl (C=O) groups excluding carboxylic acids is 1. The van der Waals surface area contributed by atoms with Crippen molar-refractivity contribution in [2.75, 3.05) is 27.4 Å². The van der Waals surface area contributed by atoms with Gasteiger partial charge in [-0.3, -0.25) is 4.79 Å². The van der Waals surface area contributed by atoms with Crippen LogP contribution in [0.5, 0.6) is 17.2 Å². The molecular weight excluding hydrogens is 409 g/mol. The summed E-state index contributed by atoms with van der Waals surface area (Å²) in [4.78, 5) is 15.6. The van der Waals surface area contributed by atoms with Gasteiger partial charge in [-0.15, -0.1) is 0 Å².